The molecule has 0 aliphatic carbocycles. The van der Waals surface area contributed by atoms with Crippen molar-refractivity contribution in [3.8, 4) is 5.95 Å². The van der Waals surface area contributed by atoms with Gasteiger partial charge in [-0.3, -0.25) is 0 Å². The maximum absolute atomic E-state index is 4.27. The summed E-state index contributed by atoms with van der Waals surface area (Å²) in [4.78, 5) is 8.54. The summed E-state index contributed by atoms with van der Waals surface area (Å²) >= 11 is 0. The van der Waals surface area contributed by atoms with Crippen molar-refractivity contribution in [1.29, 1.82) is 0 Å². The van der Waals surface area contributed by atoms with Gasteiger partial charge in [-0.15, -0.1) is 0 Å². The van der Waals surface area contributed by atoms with Crippen LogP contribution in [0.4, 0.5) is 0 Å². The summed E-state index contributed by atoms with van der Waals surface area (Å²) in [6.07, 6.45) is 7.20. The molecule has 0 aromatic carbocycles. The molecule has 0 amide bonds. The fraction of sp³-hybridized carbons (Fsp3) is 0.417. The van der Waals surface area contributed by atoms with Crippen molar-refractivity contribution < 1.29 is 0 Å². The van der Waals surface area contributed by atoms with Crippen molar-refractivity contribution in [2.45, 2.75) is 20.4 Å². The Hall–Kier alpha value is -1.75. The van der Waals surface area contributed by atoms with Crippen molar-refractivity contribution in [3.63, 3.8) is 0 Å². The molecule has 0 fully saturated rings. The minimum absolute atomic E-state index is 0.600. The Labute approximate surface area is 101 Å². The lowest BCUT2D eigenvalue weighted by atomic mass is 10.2. The first-order valence-corrected chi connectivity index (χ1v) is 5.77. The Morgan fingerprint density at radius 2 is 2.06 bits per heavy atom. The number of hydrogen-bond donors (Lipinski definition) is 1. The first-order chi connectivity index (χ1) is 8.25. The molecule has 90 valence electrons. The summed E-state index contributed by atoms with van der Waals surface area (Å²) in [5.41, 5.74) is 1.08. The molecule has 0 saturated carbocycles. The maximum Gasteiger partial charge on any atom is 0.250 e. The van der Waals surface area contributed by atoms with E-state index in [1.807, 2.05) is 24.7 Å². The molecule has 0 unspecified atom stereocenters. The number of rotatable bonds is 5. The van der Waals surface area contributed by atoms with E-state index < -0.39 is 0 Å². The molecule has 1 N–H and O–H groups in total. The monoisotopic (exact) mass is 231 g/mol. The van der Waals surface area contributed by atoms with E-state index in [4.69, 9.17) is 0 Å². The highest BCUT2D eigenvalue weighted by Crippen LogP contribution is 2.00. The van der Waals surface area contributed by atoms with Crippen LogP contribution in [0, 0.1) is 5.92 Å². The average molecular weight is 231 g/mol. The smallest absolute Gasteiger partial charge is 0.250 e. The van der Waals surface area contributed by atoms with E-state index in [1.165, 1.54) is 0 Å². The molecule has 2 rings (SSSR count). The summed E-state index contributed by atoms with van der Waals surface area (Å²) in [7, 11) is 0. The Kier molecular flexibility index (Phi) is 3.82. The summed E-state index contributed by atoms with van der Waals surface area (Å²) in [5.74, 6) is 1.25. The molecular weight excluding hydrogens is 214 g/mol. The minimum atomic E-state index is 0.600. The zero-order valence-corrected chi connectivity index (χ0v) is 10.2. The Morgan fingerprint density at radius 3 is 2.65 bits per heavy atom. The van der Waals surface area contributed by atoms with E-state index in [0.717, 1.165) is 18.7 Å². The summed E-state index contributed by atoms with van der Waals surface area (Å²) in [6, 6.07) is 1.85. The molecule has 0 saturated heterocycles. The van der Waals surface area contributed by atoms with Crippen molar-refractivity contribution in [1.82, 2.24) is 25.1 Å². The van der Waals surface area contributed by atoms with Crippen molar-refractivity contribution in [2.24, 2.45) is 5.92 Å². The van der Waals surface area contributed by atoms with Gasteiger partial charge in [-0.2, -0.15) is 5.10 Å². The van der Waals surface area contributed by atoms with E-state index >= 15 is 0 Å². The number of nitrogens with zero attached hydrogens (tertiary/aromatic N) is 4. The van der Waals surface area contributed by atoms with Gasteiger partial charge < -0.3 is 5.32 Å². The average Bonchev–Trinajstić information content (AvgIpc) is 2.83. The van der Waals surface area contributed by atoms with Crippen LogP contribution < -0.4 is 5.32 Å². The Bertz CT molecular complexity index is 432. The first kappa shape index (κ1) is 11.7. The van der Waals surface area contributed by atoms with Gasteiger partial charge in [0.1, 0.15) is 0 Å². The number of nitrogens with one attached hydrogen (secondary N) is 1. The van der Waals surface area contributed by atoms with Crippen LogP contribution in [0.1, 0.15) is 19.4 Å². The van der Waals surface area contributed by atoms with Crippen LogP contribution >= 0.6 is 0 Å². The second kappa shape index (κ2) is 5.54. The lowest BCUT2D eigenvalue weighted by molar-refractivity contribution is 0.551. The summed E-state index contributed by atoms with van der Waals surface area (Å²) in [5, 5.41) is 7.43. The quantitative estimate of drug-likeness (QED) is 0.845. The molecule has 2 aromatic heterocycles. The van der Waals surface area contributed by atoms with Gasteiger partial charge in [0.2, 0.25) is 5.95 Å². The van der Waals surface area contributed by atoms with E-state index in [-0.39, 0.29) is 0 Å². The zero-order chi connectivity index (χ0) is 12.1. The fourth-order valence-electron chi connectivity index (χ4n) is 1.45. The van der Waals surface area contributed by atoms with E-state index in [0.29, 0.717) is 11.9 Å². The molecule has 5 nitrogen and oxygen atoms in total. The van der Waals surface area contributed by atoms with Crippen LogP contribution in [0.25, 0.3) is 5.95 Å². The normalized spacial score (nSPS) is 11.0. The third kappa shape index (κ3) is 3.35. The van der Waals surface area contributed by atoms with Crippen LogP contribution in [0.5, 0.6) is 0 Å². The molecule has 17 heavy (non-hydrogen) atoms. The van der Waals surface area contributed by atoms with Crippen LogP contribution in [0.15, 0.2) is 30.9 Å². The summed E-state index contributed by atoms with van der Waals surface area (Å²) < 4.78 is 1.64. The van der Waals surface area contributed by atoms with Crippen molar-refractivity contribution >= 4 is 0 Å². The fourth-order valence-corrected chi connectivity index (χ4v) is 1.45. The molecule has 0 spiro atoms. The molecule has 2 aromatic rings. The van der Waals surface area contributed by atoms with E-state index in [9.17, 15) is 0 Å². The van der Waals surface area contributed by atoms with Crippen LogP contribution in [0.3, 0.4) is 0 Å². The molecule has 2 heterocycles. The maximum atomic E-state index is 4.27. The van der Waals surface area contributed by atoms with Crippen LogP contribution in [-0.2, 0) is 6.54 Å². The molecular formula is C12H17N5. The van der Waals surface area contributed by atoms with Gasteiger partial charge in [-0.25, -0.2) is 14.6 Å². The standard InChI is InChI=1S/C12H17N5/c1-10(2)6-13-7-11-8-14-12(15-9-11)17-5-3-4-16-17/h3-5,8-10,13H,6-7H2,1-2H3. The topological polar surface area (TPSA) is 55.6 Å². The zero-order valence-electron chi connectivity index (χ0n) is 10.2. The minimum Gasteiger partial charge on any atom is -0.312 e. The Balaban J connectivity index is 1.94. The molecule has 0 aliphatic rings. The number of aromatic nitrogens is 4. The number of hydrogen-bond acceptors (Lipinski definition) is 4. The lowest BCUT2D eigenvalue weighted by Gasteiger charge is -2.07. The Morgan fingerprint density at radius 1 is 1.29 bits per heavy atom. The third-order valence-electron chi connectivity index (χ3n) is 2.28. The van der Waals surface area contributed by atoms with Crippen LogP contribution in [-0.4, -0.2) is 26.3 Å². The van der Waals surface area contributed by atoms with Gasteiger partial charge in [0.05, 0.1) is 0 Å². The third-order valence-corrected chi connectivity index (χ3v) is 2.28. The molecule has 0 atom stereocenters. The SMILES string of the molecule is CC(C)CNCc1cnc(-n2cccn2)nc1. The van der Waals surface area contributed by atoms with Crippen molar-refractivity contribution in [3.05, 3.63) is 36.4 Å². The second-order valence-corrected chi connectivity index (χ2v) is 4.37. The highest BCUT2D eigenvalue weighted by atomic mass is 15.3. The molecule has 0 aliphatic heterocycles. The van der Waals surface area contributed by atoms with Gasteiger partial charge in [-0.1, -0.05) is 13.8 Å². The van der Waals surface area contributed by atoms with Gasteiger partial charge >= 0.3 is 0 Å². The highest BCUT2D eigenvalue weighted by molar-refractivity contribution is 5.13. The van der Waals surface area contributed by atoms with E-state index in [1.54, 1.807) is 10.9 Å². The molecule has 0 radical (unpaired) electrons. The summed E-state index contributed by atoms with van der Waals surface area (Å²) in [6.45, 7) is 6.17. The van der Waals surface area contributed by atoms with Gasteiger partial charge in [-0.05, 0) is 18.5 Å². The van der Waals surface area contributed by atoms with Crippen molar-refractivity contribution in [2.75, 3.05) is 6.54 Å². The van der Waals surface area contributed by atoms with Gasteiger partial charge in [0, 0.05) is 36.9 Å². The predicted molar refractivity (Wildman–Crippen MR) is 65.7 cm³/mol. The van der Waals surface area contributed by atoms with E-state index in [2.05, 4.69) is 34.2 Å². The van der Waals surface area contributed by atoms with Crippen LogP contribution in [0.2, 0.25) is 0 Å². The highest BCUT2D eigenvalue weighted by Gasteiger charge is 2.00. The largest absolute Gasteiger partial charge is 0.312 e. The second-order valence-electron chi connectivity index (χ2n) is 4.37. The van der Waals surface area contributed by atoms with Gasteiger partial charge in [0.15, 0.2) is 0 Å². The lowest BCUT2D eigenvalue weighted by Crippen LogP contribution is -2.19. The van der Waals surface area contributed by atoms with Gasteiger partial charge in [0.25, 0.3) is 0 Å². The molecule has 5 heteroatoms. The predicted octanol–water partition coefficient (Wildman–Crippen LogP) is 1.41. The molecule has 0 bridgehead atoms. The first-order valence-electron chi connectivity index (χ1n) is 5.77.